The number of hydrogen-bond donors (Lipinski definition) is 0. The zero-order valence-corrected chi connectivity index (χ0v) is 12.3. The molecule has 0 heterocycles. The Morgan fingerprint density at radius 2 is 1.89 bits per heavy atom. The molecular weight excluding hydrogens is 236 g/mol. The van der Waals surface area contributed by atoms with Crippen LogP contribution in [0.3, 0.4) is 0 Å². The van der Waals surface area contributed by atoms with Crippen LogP contribution in [-0.2, 0) is 16.0 Å². The molecule has 2 rings (SSSR count). The second-order valence-corrected chi connectivity index (χ2v) is 5.79. The number of carbonyl (C=O) groups is 1. The smallest absolute Gasteiger partial charge is 0.168 e. The topological polar surface area (TPSA) is 26.3 Å². The summed E-state index contributed by atoms with van der Waals surface area (Å²) in [6.07, 6.45) is 5.70. The summed E-state index contributed by atoms with van der Waals surface area (Å²) in [6, 6.07) is 6.31. The van der Waals surface area contributed by atoms with Gasteiger partial charge in [0.2, 0.25) is 0 Å². The van der Waals surface area contributed by atoms with Crippen LogP contribution in [0.5, 0.6) is 0 Å². The van der Waals surface area contributed by atoms with E-state index in [-0.39, 0.29) is 5.78 Å². The van der Waals surface area contributed by atoms with Gasteiger partial charge in [-0.05, 0) is 37.8 Å². The molecule has 0 unspecified atom stereocenters. The van der Waals surface area contributed by atoms with Crippen molar-refractivity contribution in [2.75, 3.05) is 7.11 Å². The highest BCUT2D eigenvalue weighted by Gasteiger charge is 2.38. The van der Waals surface area contributed by atoms with Gasteiger partial charge < -0.3 is 4.74 Å². The van der Waals surface area contributed by atoms with Crippen LogP contribution in [0.2, 0.25) is 0 Å². The lowest BCUT2D eigenvalue weighted by atomic mass is 9.79. The van der Waals surface area contributed by atoms with E-state index in [1.807, 2.05) is 0 Å². The van der Waals surface area contributed by atoms with Crippen LogP contribution in [0.15, 0.2) is 18.2 Å². The summed E-state index contributed by atoms with van der Waals surface area (Å²) in [5, 5.41) is 0. The lowest BCUT2D eigenvalue weighted by Crippen LogP contribution is -2.43. The van der Waals surface area contributed by atoms with Gasteiger partial charge in [-0.25, -0.2) is 0 Å². The molecule has 0 aromatic heterocycles. The van der Waals surface area contributed by atoms with E-state index in [0.717, 1.165) is 31.2 Å². The third kappa shape index (κ3) is 3.06. The highest BCUT2D eigenvalue weighted by molar-refractivity contribution is 5.89. The third-order valence-corrected chi connectivity index (χ3v) is 4.42. The number of Topliss-reactive ketones (excluding diaryl/α,β-unsaturated/α-hetero) is 1. The molecule has 1 aromatic carbocycles. The lowest BCUT2D eigenvalue weighted by molar-refractivity contribution is -0.144. The molecule has 104 valence electrons. The minimum Gasteiger partial charge on any atom is -0.370 e. The standard InChI is InChI=1S/C17H24O2/c1-13-7-8-14(2)15(11-13)12-16(18)17(19-3)9-5-4-6-10-17/h7-8,11H,4-6,9-10,12H2,1-3H3. The maximum Gasteiger partial charge on any atom is 0.168 e. The first-order chi connectivity index (χ1) is 9.07. The number of hydrogen-bond acceptors (Lipinski definition) is 2. The van der Waals surface area contributed by atoms with Crippen molar-refractivity contribution >= 4 is 5.78 Å². The number of ketones is 1. The minimum absolute atomic E-state index is 0.253. The second-order valence-electron chi connectivity index (χ2n) is 5.79. The molecule has 2 nitrogen and oxygen atoms in total. The van der Waals surface area contributed by atoms with Crippen LogP contribution in [0.25, 0.3) is 0 Å². The molecule has 0 radical (unpaired) electrons. The predicted molar refractivity (Wildman–Crippen MR) is 77.5 cm³/mol. The summed E-state index contributed by atoms with van der Waals surface area (Å²) < 4.78 is 5.63. The molecule has 1 aromatic rings. The maximum atomic E-state index is 12.7. The molecule has 19 heavy (non-hydrogen) atoms. The molecule has 0 spiro atoms. The van der Waals surface area contributed by atoms with Crippen LogP contribution < -0.4 is 0 Å². The van der Waals surface area contributed by atoms with Crippen molar-refractivity contribution in [3.05, 3.63) is 34.9 Å². The van der Waals surface area contributed by atoms with E-state index in [0.29, 0.717) is 6.42 Å². The average Bonchev–Trinajstić information content (AvgIpc) is 2.43. The Bertz CT molecular complexity index is 456. The Kier molecular flexibility index (Phi) is 4.41. The Balaban J connectivity index is 2.17. The summed E-state index contributed by atoms with van der Waals surface area (Å²) in [6.45, 7) is 4.14. The predicted octanol–water partition coefficient (Wildman–Crippen LogP) is 3.76. The molecule has 0 bridgehead atoms. The van der Waals surface area contributed by atoms with E-state index in [1.165, 1.54) is 17.5 Å². The van der Waals surface area contributed by atoms with E-state index in [9.17, 15) is 4.79 Å². The molecule has 1 aliphatic carbocycles. The molecular formula is C17H24O2. The van der Waals surface area contributed by atoms with Gasteiger partial charge in [-0.3, -0.25) is 4.79 Å². The Morgan fingerprint density at radius 1 is 1.21 bits per heavy atom. The first-order valence-corrected chi connectivity index (χ1v) is 7.22. The molecule has 0 aliphatic heterocycles. The molecule has 1 fully saturated rings. The van der Waals surface area contributed by atoms with Gasteiger partial charge in [0.1, 0.15) is 5.60 Å². The van der Waals surface area contributed by atoms with Gasteiger partial charge in [-0.15, -0.1) is 0 Å². The van der Waals surface area contributed by atoms with Gasteiger partial charge in [-0.2, -0.15) is 0 Å². The molecule has 2 heteroatoms. The first kappa shape index (κ1) is 14.3. The van der Waals surface area contributed by atoms with Crippen molar-refractivity contribution in [2.45, 2.75) is 58.0 Å². The summed E-state index contributed by atoms with van der Waals surface area (Å²) in [4.78, 5) is 12.7. The minimum atomic E-state index is -0.519. The molecule has 0 amide bonds. The van der Waals surface area contributed by atoms with Crippen molar-refractivity contribution in [3.63, 3.8) is 0 Å². The fourth-order valence-electron chi connectivity index (χ4n) is 3.04. The maximum absolute atomic E-state index is 12.7. The summed E-state index contributed by atoms with van der Waals surface area (Å²) in [5.41, 5.74) is 3.03. The fraction of sp³-hybridized carbons (Fsp3) is 0.588. The molecule has 0 atom stereocenters. The SMILES string of the molecule is COC1(C(=O)Cc2cc(C)ccc2C)CCCCC1. The van der Waals surface area contributed by atoms with Crippen molar-refractivity contribution in [1.29, 1.82) is 0 Å². The number of ether oxygens (including phenoxy) is 1. The average molecular weight is 260 g/mol. The Hall–Kier alpha value is -1.15. The molecule has 1 saturated carbocycles. The van der Waals surface area contributed by atoms with E-state index < -0.39 is 5.60 Å². The van der Waals surface area contributed by atoms with Gasteiger partial charge in [-0.1, -0.05) is 43.0 Å². The monoisotopic (exact) mass is 260 g/mol. The van der Waals surface area contributed by atoms with Gasteiger partial charge in [0, 0.05) is 13.5 Å². The van der Waals surface area contributed by atoms with Crippen LogP contribution >= 0.6 is 0 Å². The van der Waals surface area contributed by atoms with Crippen LogP contribution in [0.4, 0.5) is 0 Å². The van der Waals surface area contributed by atoms with Crippen molar-refractivity contribution < 1.29 is 9.53 Å². The number of methoxy groups -OCH3 is 1. The van der Waals surface area contributed by atoms with Crippen molar-refractivity contribution in [2.24, 2.45) is 0 Å². The van der Waals surface area contributed by atoms with Crippen molar-refractivity contribution in [3.8, 4) is 0 Å². The largest absolute Gasteiger partial charge is 0.370 e. The fourth-order valence-corrected chi connectivity index (χ4v) is 3.04. The van der Waals surface area contributed by atoms with Crippen LogP contribution in [0.1, 0.15) is 48.8 Å². The second kappa shape index (κ2) is 5.87. The van der Waals surface area contributed by atoms with E-state index in [1.54, 1.807) is 7.11 Å². The Morgan fingerprint density at radius 3 is 2.53 bits per heavy atom. The van der Waals surface area contributed by atoms with Gasteiger partial charge in [0.25, 0.3) is 0 Å². The summed E-state index contributed by atoms with van der Waals surface area (Å²) >= 11 is 0. The summed E-state index contributed by atoms with van der Waals surface area (Å²) in [7, 11) is 1.69. The number of carbonyl (C=O) groups excluding carboxylic acids is 1. The van der Waals surface area contributed by atoms with Crippen LogP contribution in [0, 0.1) is 13.8 Å². The highest BCUT2D eigenvalue weighted by Crippen LogP contribution is 2.33. The van der Waals surface area contributed by atoms with Gasteiger partial charge in [0.15, 0.2) is 5.78 Å². The van der Waals surface area contributed by atoms with E-state index in [2.05, 4.69) is 32.0 Å². The third-order valence-electron chi connectivity index (χ3n) is 4.42. The summed E-state index contributed by atoms with van der Waals surface area (Å²) in [5.74, 6) is 0.253. The number of rotatable bonds is 4. The zero-order chi connectivity index (χ0) is 13.9. The number of benzene rings is 1. The van der Waals surface area contributed by atoms with E-state index >= 15 is 0 Å². The van der Waals surface area contributed by atoms with E-state index in [4.69, 9.17) is 4.74 Å². The van der Waals surface area contributed by atoms with Gasteiger partial charge in [0.05, 0.1) is 0 Å². The van der Waals surface area contributed by atoms with Crippen LogP contribution in [-0.4, -0.2) is 18.5 Å². The number of aryl methyl sites for hydroxylation is 2. The quantitative estimate of drug-likeness (QED) is 0.824. The Labute approximate surface area is 116 Å². The zero-order valence-electron chi connectivity index (χ0n) is 12.3. The molecule has 1 aliphatic rings. The molecule has 0 saturated heterocycles. The highest BCUT2D eigenvalue weighted by atomic mass is 16.5. The first-order valence-electron chi connectivity index (χ1n) is 7.22. The van der Waals surface area contributed by atoms with Gasteiger partial charge >= 0.3 is 0 Å². The van der Waals surface area contributed by atoms with Crippen molar-refractivity contribution in [1.82, 2.24) is 0 Å². The molecule has 0 N–H and O–H groups in total. The lowest BCUT2D eigenvalue weighted by Gasteiger charge is -2.34. The normalized spacial score (nSPS) is 18.3.